The summed E-state index contributed by atoms with van der Waals surface area (Å²) < 4.78 is 0. The number of nitrogens with zero attached hydrogens (tertiary/aromatic N) is 1. The van der Waals surface area contributed by atoms with Gasteiger partial charge in [-0.3, -0.25) is 10.1 Å². The van der Waals surface area contributed by atoms with Gasteiger partial charge in [-0.05, 0) is 5.56 Å². The van der Waals surface area contributed by atoms with Gasteiger partial charge in [-0.15, -0.1) is 12.4 Å². The molecule has 0 bridgehead atoms. The van der Waals surface area contributed by atoms with Gasteiger partial charge < -0.3 is 10.8 Å². The van der Waals surface area contributed by atoms with E-state index < -0.39 is 11.0 Å². The second-order valence-electron chi connectivity index (χ2n) is 2.26. The monoisotopic (exact) mass is 224 g/mol. The summed E-state index contributed by atoms with van der Waals surface area (Å²) in [5, 5.41) is 20.5. The van der Waals surface area contributed by atoms with Crippen molar-refractivity contribution in [1.82, 2.24) is 0 Å². The van der Waals surface area contributed by atoms with Gasteiger partial charge in [-0.1, -0.05) is 11.3 Å². The van der Waals surface area contributed by atoms with E-state index in [2.05, 4.69) is 0 Å². The lowest BCUT2D eigenvalue weighted by atomic mass is 10.2. The van der Waals surface area contributed by atoms with Crippen LogP contribution in [0.25, 0.3) is 0 Å². The van der Waals surface area contributed by atoms with Gasteiger partial charge in [0.15, 0.2) is 0 Å². The lowest BCUT2D eigenvalue weighted by molar-refractivity contribution is -0.380. The van der Waals surface area contributed by atoms with Crippen LogP contribution in [0.3, 0.4) is 0 Å². The molecule has 0 amide bonds. The lowest BCUT2D eigenvalue weighted by Gasteiger charge is -2.02. The number of hydrogen-bond donors (Lipinski definition) is 2. The van der Waals surface area contributed by atoms with Gasteiger partial charge in [0.2, 0.25) is 0 Å². The molecule has 1 heterocycles. The molecular weight excluding hydrogens is 216 g/mol. The van der Waals surface area contributed by atoms with E-state index in [1.807, 2.05) is 0 Å². The minimum Gasteiger partial charge on any atom is -0.394 e. The highest BCUT2D eigenvalue weighted by Gasteiger charge is 2.13. The normalized spacial score (nSPS) is 11.8. The van der Waals surface area contributed by atoms with Crippen LogP contribution in [0, 0.1) is 10.1 Å². The average molecular weight is 225 g/mol. The molecule has 0 saturated heterocycles. The lowest BCUT2D eigenvalue weighted by Crippen LogP contribution is -2.13. The fourth-order valence-corrected chi connectivity index (χ4v) is 1.52. The number of thiophene rings is 1. The zero-order chi connectivity index (χ0) is 9.14. The van der Waals surface area contributed by atoms with Gasteiger partial charge in [0.1, 0.15) is 0 Å². The number of nitrogens with two attached hydrogens (primary N) is 1. The van der Waals surface area contributed by atoms with Crippen molar-refractivity contribution in [2.24, 2.45) is 5.73 Å². The van der Waals surface area contributed by atoms with Crippen LogP contribution < -0.4 is 5.73 Å². The van der Waals surface area contributed by atoms with Gasteiger partial charge in [-0.25, -0.2) is 0 Å². The Hall–Kier alpha value is -0.690. The van der Waals surface area contributed by atoms with Crippen LogP contribution in [0.15, 0.2) is 11.4 Å². The molecule has 5 nitrogen and oxygen atoms in total. The fraction of sp³-hybridized carbons (Fsp3) is 0.333. The van der Waals surface area contributed by atoms with Crippen molar-refractivity contribution in [3.05, 3.63) is 27.1 Å². The maximum absolute atomic E-state index is 10.2. The molecule has 1 rings (SSSR count). The van der Waals surface area contributed by atoms with Gasteiger partial charge in [-0.2, -0.15) is 0 Å². The van der Waals surface area contributed by atoms with Crippen molar-refractivity contribution in [3.63, 3.8) is 0 Å². The Morgan fingerprint density at radius 2 is 2.38 bits per heavy atom. The topological polar surface area (TPSA) is 89.4 Å². The van der Waals surface area contributed by atoms with Crippen molar-refractivity contribution < 1.29 is 10.0 Å². The van der Waals surface area contributed by atoms with E-state index >= 15 is 0 Å². The van der Waals surface area contributed by atoms with Crippen molar-refractivity contribution in [3.8, 4) is 0 Å². The Labute approximate surface area is 84.7 Å². The first-order valence-corrected chi connectivity index (χ1v) is 4.12. The second kappa shape index (κ2) is 5.13. The number of aliphatic hydroxyl groups is 1. The van der Waals surface area contributed by atoms with Crippen molar-refractivity contribution in [2.45, 2.75) is 6.04 Å². The summed E-state index contributed by atoms with van der Waals surface area (Å²) in [7, 11) is 0. The molecule has 1 aromatic heterocycles. The summed E-state index contributed by atoms with van der Waals surface area (Å²) in [5.74, 6) is 0. The molecule has 74 valence electrons. The van der Waals surface area contributed by atoms with Crippen LogP contribution >= 0.6 is 23.7 Å². The molecular formula is C6H9ClN2O3S. The quantitative estimate of drug-likeness (QED) is 0.594. The first-order chi connectivity index (χ1) is 5.65. The Morgan fingerprint density at radius 3 is 2.77 bits per heavy atom. The number of rotatable bonds is 3. The third-order valence-electron chi connectivity index (χ3n) is 1.41. The average Bonchev–Trinajstić information content (AvgIpc) is 2.51. The maximum Gasteiger partial charge on any atom is 0.324 e. The van der Waals surface area contributed by atoms with Crippen molar-refractivity contribution in [1.29, 1.82) is 0 Å². The van der Waals surface area contributed by atoms with Crippen molar-refractivity contribution >= 4 is 28.7 Å². The third-order valence-corrected chi connectivity index (χ3v) is 2.31. The van der Waals surface area contributed by atoms with Crippen molar-refractivity contribution in [2.75, 3.05) is 6.61 Å². The molecule has 0 saturated carbocycles. The SMILES string of the molecule is Cl.N[C@@H](CO)c1csc([N+](=O)[O-])c1. The van der Waals surface area contributed by atoms with Crippen LogP contribution in [0.1, 0.15) is 11.6 Å². The van der Waals surface area contributed by atoms with Gasteiger partial charge in [0, 0.05) is 11.4 Å². The molecule has 0 aromatic carbocycles. The first kappa shape index (κ1) is 12.3. The minimum atomic E-state index is -0.519. The predicted molar refractivity (Wildman–Crippen MR) is 52.2 cm³/mol. The summed E-state index contributed by atoms with van der Waals surface area (Å²) in [6, 6.07) is 0.862. The zero-order valence-electron chi connectivity index (χ0n) is 6.54. The van der Waals surface area contributed by atoms with E-state index in [4.69, 9.17) is 10.8 Å². The molecule has 3 N–H and O–H groups in total. The van der Waals surface area contributed by atoms with Gasteiger partial charge in [0.05, 0.1) is 17.6 Å². The maximum atomic E-state index is 10.2. The highest BCUT2D eigenvalue weighted by atomic mass is 35.5. The minimum absolute atomic E-state index is 0. The predicted octanol–water partition coefficient (Wildman–Crippen LogP) is 1.07. The molecule has 0 aliphatic rings. The summed E-state index contributed by atoms with van der Waals surface area (Å²) >= 11 is 1.01. The molecule has 1 atom stereocenters. The van der Waals surface area contributed by atoms with Crippen LogP contribution in [-0.2, 0) is 0 Å². The largest absolute Gasteiger partial charge is 0.394 e. The standard InChI is InChI=1S/C6H8N2O3S.ClH/c7-5(2-9)4-1-6(8(10)11)12-3-4;/h1,3,5,9H,2,7H2;1H/t5-;/m0./s1. The molecule has 7 heteroatoms. The molecule has 1 aromatic rings. The van der Waals surface area contributed by atoms with Crippen LogP contribution in [0.2, 0.25) is 0 Å². The Bertz CT molecular complexity index is 291. The van der Waals surface area contributed by atoms with Gasteiger partial charge in [0.25, 0.3) is 0 Å². The Balaban J connectivity index is 0.00000144. The van der Waals surface area contributed by atoms with Crippen LogP contribution in [0.5, 0.6) is 0 Å². The van der Waals surface area contributed by atoms with Crippen LogP contribution in [-0.4, -0.2) is 16.6 Å². The van der Waals surface area contributed by atoms with E-state index in [1.165, 1.54) is 6.07 Å². The molecule has 13 heavy (non-hydrogen) atoms. The summed E-state index contributed by atoms with van der Waals surface area (Å²) in [5.41, 5.74) is 6.05. The van der Waals surface area contributed by atoms with E-state index in [1.54, 1.807) is 5.38 Å². The number of nitro groups is 1. The fourth-order valence-electron chi connectivity index (χ4n) is 0.735. The second-order valence-corrected chi connectivity index (χ2v) is 3.15. The summed E-state index contributed by atoms with van der Waals surface area (Å²) in [6.45, 7) is -0.201. The smallest absolute Gasteiger partial charge is 0.324 e. The summed E-state index contributed by atoms with van der Waals surface area (Å²) in [6.07, 6.45) is 0. The molecule has 0 aliphatic heterocycles. The molecule has 0 unspecified atom stereocenters. The Morgan fingerprint density at radius 1 is 1.77 bits per heavy atom. The zero-order valence-corrected chi connectivity index (χ0v) is 8.18. The highest BCUT2D eigenvalue weighted by molar-refractivity contribution is 7.13. The van der Waals surface area contributed by atoms with E-state index in [-0.39, 0.29) is 24.0 Å². The van der Waals surface area contributed by atoms with E-state index in [0.717, 1.165) is 11.3 Å². The molecule has 0 radical (unpaired) electrons. The Kier molecular flexibility index (Phi) is 4.86. The molecule has 0 aliphatic carbocycles. The number of aliphatic hydroxyl groups excluding tert-OH is 1. The van der Waals surface area contributed by atoms with Crippen LogP contribution in [0.4, 0.5) is 5.00 Å². The van der Waals surface area contributed by atoms with E-state index in [0.29, 0.717) is 5.56 Å². The number of hydrogen-bond acceptors (Lipinski definition) is 5. The van der Waals surface area contributed by atoms with E-state index in [9.17, 15) is 10.1 Å². The first-order valence-electron chi connectivity index (χ1n) is 3.24. The summed E-state index contributed by atoms with van der Waals surface area (Å²) in [4.78, 5) is 9.76. The third kappa shape index (κ3) is 2.92. The molecule has 0 spiro atoms. The van der Waals surface area contributed by atoms with Gasteiger partial charge >= 0.3 is 5.00 Å². The molecule has 0 fully saturated rings. The number of halogens is 1. The highest BCUT2D eigenvalue weighted by Crippen LogP contribution is 2.25.